The van der Waals surface area contributed by atoms with E-state index < -0.39 is 5.91 Å². The Labute approximate surface area is 171 Å². The second kappa shape index (κ2) is 8.40. The van der Waals surface area contributed by atoms with E-state index in [1.807, 2.05) is 30.3 Å². The summed E-state index contributed by atoms with van der Waals surface area (Å²) in [6, 6.07) is 22.9. The minimum absolute atomic E-state index is 0.0514. The van der Waals surface area contributed by atoms with Gasteiger partial charge < -0.3 is 5.11 Å². The average molecular weight is 398 g/mol. The van der Waals surface area contributed by atoms with Gasteiger partial charge in [-0.05, 0) is 23.8 Å². The summed E-state index contributed by atoms with van der Waals surface area (Å²) >= 11 is 0. The van der Waals surface area contributed by atoms with Gasteiger partial charge in [0.05, 0.1) is 18.1 Å². The van der Waals surface area contributed by atoms with Crippen LogP contribution in [0.15, 0.2) is 88.8 Å². The Bertz CT molecular complexity index is 1300. The minimum atomic E-state index is -0.556. The van der Waals surface area contributed by atoms with Gasteiger partial charge >= 0.3 is 0 Å². The van der Waals surface area contributed by atoms with Crippen LogP contribution < -0.4 is 11.0 Å². The van der Waals surface area contributed by atoms with Gasteiger partial charge in [-0.3, -0.25) is 9.59 Å². The lowest BCUT2D eigenvalue weighted by molar-refractivity contribution is 0.0949. The van der Waals surface area contributed by atoms with Gasteiger partial charge in [0.15, 0.2) is 5.69 Å². The Kier molecular flexibility index (Phi) is 5.34. The molecule has 0 aliphatic rings. The van der Waals surface area contributed by atoms with Crippen LogP contribution in [-0.4, -0.2) is 27.0 Å². The second-order valence-electron chi connectivity index (χ2n) is 6.60. The number of hydrogen-bond donors (Lipinski definition) is 2. The maximum Gasteiger partial charge on any atom is 0.292 e. The van der Waals surface area contributed by atoms with Crippen LogP contribution in [0.25, 0.3) is 10.8 Å². The average Bonchev–Trinajstić information content (AvgIpc) is 2.77. The molecule has 0 unspecified atom stereocenters. The van der Waals surface area contributed by atoms with E-state index in [0.717, 1.165) is 5.56 Å². The molecule has 1 amide bonds. The first-order valence-corrected chi connectivity index (χ1v) is 9.28. The van der Waals surface area contributed by atoms with E-state index in [-0.39, 0.29) is 23.5 Å². The number of nitrogens with zero attached hydrogens (tertiary/aromatic N) is 3. The Balaban J connectivity index is 1.68. The molecule has 0 aliphatic heterocycles. The number of aromatic hydroxyl groups is 1. The van der Waals surface area contributed by atoms with Crippen LogP contribution in [0.3, 0.4) is 0 Å². The van der Waals surface area contributed by atoms with Crippen molar-refractivity contribution in [2.45, 2.75) is 6.54 Å². The fraction of sp³-hybridized carbons (Fsp3) is 0.0435. The van der Waals surface area contributed by atoms with Gasteiger partial charge in [-0.15, -0.1) is 0 Å². The molecule has 0 radical (unpaired) electrons. The third-order valence-corrected chi connectivity index (χ3v) is 4.56. The van der Waals surface area contributed by atoms with Gasteiger partial charge in [0.2, 0.25) is 0 Å². The van der Waals surface area contributed by atoms with Gasteiger partial charge in [-0.25, -0.2) is 10.1 Å². The zero-order valence-corrected chi connectivity index (χ0v) is 15.9. The van der Waals surface area contributed by atoms with Crippen LogP contribution >= 0.6 is 0 Å². The first kappa shape index (κ1) is 19.1. The number of benzene rings is 3. The number of hydrogen-bond acceptors (Lipinski definition) is 5. The first-order valence-electron chi connectivity index (χ1n) is 9.28. The molecule has 7 heteroatoms. The molecule has 1 aromatic heterocycles. The molecule has 3 aromatic carbocycles. The second-order valence-corrected chi connectivity index (χ2v) is 6.60. The number of aromatic nitrogens is 2. The van der Waals surface area contributed by atoms with E-state index in [1.165, 1.54) is 17.0 Å². The molecule has 0 fully saturated rings. The zero-order chi connectivity index (χ0) is 20.9. The molecular weight excluding hydrogens is 380 g/mol. The van der Waals surface area contributed by atoms with Crippen molar-refractivity contribution in [3.63, 3.8) is 0 Å². The molecular formula is C23H18N4O3. The first-order chi connectivity index (χ1) is 14.6. The van der Waals surface area contributed by atoms with Crippen LogP contribution in [0.4, 0.5) is 0 Å². The molecule has 30 heavy (non-hydrogen) atoms. The van der Waals surface area contributed by atoms with Gasteiger partial charge in [0, 0.05) is 10.9 Å². The summed E-state index contributed by atoms with van der Waals surface area (Å²) in [5, 5.41) is 18.9. The summed E-state index contributed by atoms with van der Waals surface area (Å²) in [5.41, 5.74) is 3.60. The maximum absolute atomic E-state index is 12.9. The number of amides is 1. The lowest BCUT2D eigenvalue weighted by atomic mass is 10.1. The number of carbonyl (C=O) groups is 1. The van der Waals surface area contributed by atoms with Crippen LogP contribution in [0.2, 0.25) is 0 Å². The molecule has 0 atom stereocenters. The van der Waals surface area contributed by atoms with E-state index >= 15 is 0 Å². The van der Waals surface area contributed by atoms with Gasteiger partial charge in [-0.1, -0.05) is 60.7 Å². The standard InChI is InChI=1S/C23H18N4O3/c28-20-13-7-4-10-17(20)14-24-25-22(29)21-18-11-5-6-12-19(18)23(30)27(26-21)15-16-8-2-1-3-9-16/h1-14,28H,15H2,(H,25,29)/b24-14+. The van der Waals surface area contributed by atoms with E-state index in [4.69, 9.17) is 0 Å². The minimum Gasteiger partial charge on any atom is -0.507 e. The Morgan fingerprint density at radius 1 is 0.967 bits per heavy atom. The van der Waals surface area contributed by atoms with Crippen molar-refractivity contribution in [1.82, 2.24) is 15.2 Å². The topological polar surface area (TPSA) is 96.6 Å². The fourth-order valence-electron chi connectivity index (χ4n) is 3.08. The highest BCUT2D eigenvalue weighted by Gasteiger charge is 2.16. The Morgan fingerprint density at radius 3 is 2.40 bits per heavy atom. The number of hydrazone groups is 1. The molecule has 2 N–H and O–H groups in total. The third-order valence-electron chi connectivity index (χ3n) is 4.56. The maximum atomic E-state index is 12.9. The predicted octanol–water partition coefficient (Wildman–Crippen LogP) is 2.91. The van der Waals surface area contributed by atoms with E-state index in [0.29, 0.717) is 16.3 Å². The summed E-state index contributed by atoms with van der Waals surface area (Å²) in [7, 11) is 0. The molecule has 7 nitrogen and oxygen atoms in total. The van der Waals surface area contributed by atoms with E-state index in [1.54, 1.807) is 42.5 Å². The number of rotatable bonds is 5. The highest BCUT2D eigenvalue weighted by molar-refractivity contribution is 6.05. The van der Waals surface area contributed by atoms with Crippen LogP contribution in [0.1, 0.15) is 21.6 Å². The molecule has 0 bridgehead atoms. The highest BCUT2D eigenvalue weighted by Crippen LogP contribution is 2.15. The van der Waals surface area contributed by atoms with Crippen molar-refractivity contribution < 1.29 is 9.90 Å². The molecule has 1 heterocycles. The smallest absolute Gasteiger partial charge is 0.292 e. The largest absolute Gasteiger partial charge is 0.507 e. The molecule has 0 saturated carbocycles. The van der Waals surface area contributed by atoms with E-state index in [2.05, 4.69) is 15.6 Å². The van der Waals surface area contributed by atoms with Crippen LogP contribution in [0.5, 0.6) is 5.75 Å². The van der Waals surface area contributed by atoms with Gasteiger partial charge in [-0.2, -0.15) is 10.2 Å². The third kappa shape index (κ3) is 3.95. The van der Waals surface area contributed by atoms with Crippen molar-refractivity contribution in [2.24, 2.45) is 5.10 Å². The molecule has 148 valence electrons. The number of nitrogens with one attached hydrogen (secondary N) is 1. The van der Waals surface area contributed by atoms with Crippen molar-refractivity contribution in [3.8, 4) is 5.75 Å². The summed E-state index contributed by atoms with van der Waals surface area (Å²) in [5.74, 6) is -0.504. The lowest BCUT2D eigenvalue weighted by Gasteiger charge is -2.10. The predicted molar refractivity (Wildman–Crippen MR) is 115 cm³/mol. The molecule has 0 saturated heterocycles. The number of fused-ring (bicyclic) bond motifs is 1. The zero-order valence-electron chi connectivity index (χ0n) is 15.9. The summed E-state index contributed by atoms with van der Waals surface area (Å²) in [6.07, 6.45) is 1.34. The molecule has 0 aliphatic carbocycles. The Morgan fingerprint density at radius 2 is 1.63 bits per heavy atom. The van der Waals surface area contributed by atoms with Crippen molar-refractivity contribution in [3.05, 3.63) is 106 Å². The molecule has 0 spiro atoms. The molecule has 4 rings (SSSR count). The summed E-state index contributed by atoms with van der Waals surface area (Å²) < 4.78 is 1.28. The van der Waals surface area contributed by atoms with Gasteiger partial charge in [0.25, 0.3) is 11.5 Å². The highest BCUT2D eigenvalue weighted by atomic mass is 16.3. The monoisotopic (exact) mass is 398 g/mol. The van der Waals surface area contributed by atoms with Gasteiger partial charge in [0.1, 0.15) is 5.75 Å². The van der Waals surface area contributed by atoms with E-state index in [9.17, 15) is 14.7 Å². The van der Waals surface area contributed by atoms with Crippen molar-refractivity contribution in [2.75, 3.05) is 0 Å². The van der Waals surface area contributed by atoms with Crippen molar-refractivity contribution >= 4 is 22.9 Å². The fourth-order valence-corrected chi connectivity index (χ4v) is 3.08. The normalized spacial score (nSPS) is 11.1. The number of para-hydroxylation sites is 1. The number of carbonyl (C=O) groups excluding carboxylic acids is 1. The summed E-state index contributed by atoms with van der Waals surface area (Å²) in [6.45, 7) is 0.242. The lowest BCUT2D eigenvalue weighted by Crippen LogP contribution is -2.29. The quantitative estimate of drug-likeness (QED) is 0.399. The SMILES string of the molecule is O=C(N/N=C/c1ccccc1O)c1nn(Cc2ccccc2)c(=O)c2ccccc12. The van der Waals surface area contributed by atoms with Crippen molar-refractivity contribution in [1.29, 1.82) is 0 Å². The number of phenols is 1. The van der Waals surface area contributed by atoms with Crippen LogP contribution in [-0.2, 0) is 6.54 Å². The molecule has 4 aromatic rings. The van der Waals surface area contributed by atoms with Crippen LogP contribution in [0, 0.1) is 0 Å². The summed E-state index contributed by atoms with van der Waals surface area (Å²) in [4.78, 5) is 25.6. The Hall–Kier alpha value is -4.26. The number of phenolic OH excluding ortho intramolecular Hbond substituents is 1.